The average Bonchev–Trinajstić information content (AvgIpc) is 2.63. The zero-order valence-electron chi connectivity index (χ0n) is 12.5. The number of nitrogens with zero attached hydrogens (tertiary/aromatic N) is 5. The molecule has 0 radical (unpaired) electrons. The van der Waals surface area contributed by atoms with Gasteiger partial charge in [0.2, 0.25) is 5.95 Å². The molecule has 1 saturated heterocycles. The molecule has 23 heavy (non-hydrogen) atoms. The Morgan fingerprint density at radius 3 is 2.57 bits per heavy atom. The van der Waals surface area contributed by atoms with Gasteiger partial charge in [-0.1, -0.05) is 18.2 Å². The van der Waals surface area contributed by atoms with E-state index in [1.165, 1.54) is 0 Å². The van der Waals surface area contributed by atoms with Gasteiger partial charge < -0.3 is 15.0 Å². The molecule has 116 valence electrons. The Hall–Kier alpha value is -2.80. The van der Waals surface area contributed by atoms with Crippen LogP contribution in [-0.2, 0) is 4.74 Å². The van der Waals surface area contributed by atoms with Gasteiger partial charge >= 0.3 is 0 Å². The molecule has 7 heteroatoms. The monoisotopic (exact) mass is 308 g/mol. The van der Waals surface area contributed by atoms with Gasteiger partial charge in [-0.15, -0.1) is 0 Å². The van der Waals surface area contributed by atoms with Crippen molar-refractivity contribution < 1.29 is 4.74 Å². The molecule has 4 rings (SSSR count). The van der Waals surface area contributed by atoms with Gasteiger partial charge in [0.05, 0.1) is 13.2 Å². The first-order valence-electron chi connectivity index (χ1n) is 7.54. The summed E-state index contributed by atoms with van der Waals surface area (Å²) in [6.07, 6.45) is 3.29. The Morgan fingerprint density at radius 2 is 1.74 bits per heavy atom. The number of aromatic nitrogens is 4. The van der Waals surface area contributed by atoms with Gasteiger partial charge in [0, 0.05) is 31.2 Å². The number of morpholine rings is 1. The van der Waals surface area contributed by atoms with Crippen LogP contribution in [0.1, 0.15) is 0 Å². The topological polar surface area (TPSA) is 76.1 Å². The number of nitrogens with one attached hydrogen (secondary N) is 1. The minimum Gasteiger partial charge on any atom is -0.378 e. The maximum Gasteiger partial charge on any atom is 0.229 e. The van der Waals surface area contributed by atoms with Crippen molar-refractivity contribution in [3.63, 3.8) is 0 Å². The van der Waals surface area contributed by atoms with E-state index in [0.29, 0.717) is 36.1 Å². The third-order valence-corrected chi connectivity index (χ3v) is 3.65. The third-order valence-electron chi connectivity index (χ3n) is 3.65. The molecule has 3 aromatic rings. The minimum atomic E-state index is 0.586. The number of benzene rings is 1. The lowest BCUT2D eigenvalue weighted by atomic mass is 10.3. The molecule has 0 aliphatic carbocycles. The second-order valence-electron chi connectivity index (χ2n) is 5.19. The van der Waals surface area contributed by atoms with Crippen LogP contribution in [0.25, 0.3) is 11.2 Å². The Bertz CT molecular complexity index is 804. The minimum absolute atomic E-state index is 0.586. The predicted molar refractivity (Wildman–Crippen MR) is 87.9 cm³/mol. The number of fused-ring (bicyclic) bond motifs is 1. The van der Waals surface area contributed by atoms with E-state index >= 15 is 0 Å². The molecule has 0 bridgehead atoms. The standard InChI is InChI=1S/C16H16N6O/c1-2-4-12(5-3-1)19-15-13-14(18-7-6-17-13)20-16(21-15)22-8-10-23-11-9-22/h1-7H,8-11H2,(H,18,19,20,21). The van der Waals surface area contributed by atoms with Crippen LogP contribution in [0, 0.1) is 0 Å². The van der Waals surface area contributed by atoms with Crippen LogP contribution in [0.5, 0.6) is 0 Å². The summed E-state index contributed by atoms with van der Waals surface area (Å²) in [5.41, 5.74) is 2.20. The van der Waals surface area contributed by atoms with Crippen molar-refractivity contribution in [2.75, 3.05) is 36.5 Å². The Labute approximate surface area is 133 Å². The first kappa shape index (κ1) is 13.8. The van der Waals surface area contributed by atoms with E-state index < -0.39 is 0 Å². The zero-order valence-corrected chi connectivity index (χ0v) is 12.5. The second kappa shape index (κ2) is 6.13. The van der Waals surface area contributed by atoms with Gasteiger partial charge in [0.25, 0.3) is 0 Å². The van der Waals surface area contributed by atoms with E-state index in [1.54, 1.807) is 12.4 Å². The molecule has 1 fully saturated rings. The highest BCUT2D eigenvalue weighted by Crippen LogP contribution is 2.23. The maximum atomic E-state index is 5.39. The van der Waals surface area contributed by atoms with Gasteiger partial charge in [0.15, 0.2) is 17.0 Å². The third kappa shape index (κ3) is 2.91. The summed E-state index contributed by atoms with van der Waals surface area (Å²) in [4.78, 5) is 20.0. The molecule has 1 aliphatic rings. The molecule has 0 spiro atoms. The summed E-state index contributed by atoms with van der Waals surface area (Å²) in [6, 6.07) is 9.89. The molecule has 2 aromatic heterocycles. The molecule has 0 amide bonds. The summed E-state index contributed by atoms with van der Waals surface area (Å²) in [6.45, 7) is 2.92. The Kier molecular flexibility index (Phi) is 3.69. The summed E-state index contributed by atoms with van der Waals surface area (Å²) >= 11 is 0. The fourth-order valence-electron chi connectivity index (χ4n) is 2.50. The van der Waals surface area contributed by atoms with Crippen molar-refractivity contribution in [1.29, 1.82) is 0 Å². The van der Waals surface area contributed by atoms with Gasteiger partial charge in [0.1, 0.15) is 0 Å². The van der Waals surface area contributed by atoms with Gasteiger partial charge in [-0.25, -0.2) is 9.97 Å². The highest BCUT2D eigenvalue weighted by Gasteiger charge is 2.17. The Balaban J connectivity index is 1.77. The van der Waals surface area contributed by atoms with E-state index in [1.807, 2.05) is 30.3 Å². The summed E-state index contributed by atoms with van der Waals surface area (Å²) < 4.78 is 5.39. The summed E-state index contributed by atoms with van der Waals surface area (Å²) in [5.74, 6) is 1.32. The van der Waals surface area contributed by atoms with Crippen molar-refractivity contribution in [3.8, 4) is 0 Å². The largest absolute Gasteiger partial charge is 0.378 e. The summed E-state index contributed by atoms with van der Waals surface area (Å²) in [5, 5.41) is 3.31. The highest BCUT2D eigenvalue weighted by atomic mass is 16.5. The van der Waals surface area contributed by atoms with Crippen LogP contribution in [0.2, 0.25) is 0 Å². The van der Waals surface area contributed by atoms with Crippen molar-refractivity contribution in [1.82, 2.24) is 19.9 Å². The van der Waals surface area contributed by atoms with E-state index in [4.69, 9.17) is 4.74 Å². The van der Waals surface area contributed by atoms with Crippen LogP contribution >= 0.6 is 0 Å². The van der Waals surface area contributed by atoms with Crippen LogP contribution in [0.4, 0.5) is 17.5 Å². The molecular formula is C16H16N6O. The van der Waals surface area contributed by atoms with Crippen LogP contribution < -0.4 is 10.2 Å². The van der Waals surface area contributed by atoms with Crippen LogP contribution in [0.3, 0.4) is 0 Å². The van der Waals surface area contributed by atoms with Gasteiger partial charge in [-0.3, -0.25) is 0 Å². The van der Waals surface area contributed by atoms with Crippen molar-refractivity contribution in [2.45, 2.75) is 0 Å². The quantitative estimate of drug-likeness (QED) is 0.793. The maximum absolute atomic E-state index is 5.39. The second-order valence-corrected chi connectivity index (χ2v) is 5.19. The number of rotatable bonds is 3. The lowest BCUT2D eigenvalue weighted by Crippen LogP contribution is -2.37. The van der Waals surface area contributed by atoms with E-state index in [9.17, 15) is 0 Å². The summed E-state index contributed by atoms with van der Waals surface area (Å²) in [7, 11) is 0. The van der Waals surface area contributed by atoms with Crippen molar-refractivity contribution >= 4 is 28.6 Å². The Morgan fingerprint density at radius 1 is 0.957 bits per heavy atom. The van der Waals surface area contributed by atoms with Crippen molar-refractivity contribution in [3.05, 3.63) is 42.7 Å². The smallest absolute Gasteiger partial charge is 0.229 e. The number of hydrogen-bond donors (Lipinski definition) is 1. The number of ether oxygens (including phenoxy) is 1. The zero-order chi connectivity index (χ0) is 15.5. The SMILES string of the molecule is c1ccc(Nc2nc(N3CCOCC3)nc3nccnc23)cc1. The highest BCUT2D eigenvalue weighted by molar-refractivity contribution is 5.85. The molecule has 1 aromatic carbocycles. The molecule has 3 heterocycles. The number of hydrogen-bond acceptors (Lipinski definition) is 7. The average molecular weight is 308 g/mol. The van der Waals surface area contributed by atoms with Gasteiger partial charge in [-0.2, -0.15) is 9.97 Å². The van der Waals surface area contributed by atoms with Gasteiger partial charge in [-0.05, 0) is 12.1 Å². The molecular weight excluding hydrogens is 292 g/mol. The van der Waals surface area contributed by atoms with E-state index in [2.05, 4.69) is 30.2 Å². The van der Waals surface area contributed by atoms with E-state index in [0.717, 1.165) is 18.8 Å². The fraction of sp³-hybridized carbons (Fsp3) is 0.250. The lowest BCUT2D eigenvalue weighted by Gasteiger charge is -2.27. The number of para-hydroxylation sites is 1. The fourth-order valence-corrected chi connectivity index (χ4v) is 2.50. The van der Waals surface area contributed by atoms with E-state index in [-0.39, 0.29) is 0 Å². The molecule has 7 nitrogen and oxygen atoms in total. The number of anilines is 3. The first-order valence-corrected chi connectivity index (χ1v) is 7.54. The predicted octanol–water partition coefficient (Wildman–Crippen LogP) is 2.00. The van der Waals surface area contributed by atoms with Crippen LogP contribution in [0.15, 0.2) is 42.7 Å². The molecule has 0 atom stereocenters. The molecule has 1 N–H and O–H groups in total. The first-order chi connectivity index (χ1) is 11.4. The molecule has 1 aliphatic heterocycles. The molecule has 0 unspecified atom stereocenters. The normalized spacial score (nSPS) is 14.9. The van der Waals surface area contributed by atoms with Crippen molar-refractivity contribution in [2.24, 2.45) is 0 Å². The molecule has 0 saturated carbocycles. The van der Waals surface area contributed by atoms with Crippen LogP contribution in [-0.4, -0.2) is 46.2 Å². The lowest BCUT2D eigenvalue weighted by molar-refractivity contribution is 0.122.